The Balaban J connectivity index is 1.66. The molecule has 0 aliphatic heterocycles. The first-order valence-electron chi connectivity index (χ1n) is 7.76. The first-order valence-corrected chi connectivity index (χ1v) is 8.71. The Hall–Kier alpha value is -2.11. The molecule has 2 aromatic heterocycles. The Labute approximate surface area is 138 Å². The predicted octanol–water partition coefficient (Wildman–Crippen LogP) is 4.30. The molecule has 0 bridgehead atoms. The minimum absolute atomic E-state index is 0.266. The van der Waals surface area contributed by atoms with Crippen LogP contribution in [0.2, 0.25) is 0 Å². The molecule has 0 radical (unpaired) electrons. The van der Waals surface area contributed by atoms with Gasteiger partial charge in [-0.3, -0.25) is 0 Å². The van der Waals surface area contributed by atoms with Crippen molar-refractivity contribution < 1.29 is 9.52 Å². The molecule has 1 aliphatic rings. The van der Waals surface area contributed by atoms with Gasteiger partial charge in [0.05, 0.1) is 11.8 Å². The Kier molecular flexibility index (Phi) is 3.67. The lowest BCUT2D eigenvalue weighted by Crippen LogP contribution is -2.19. The van der Waals surface area contributed by atoms with E-state index in [1.165, 1.54) is 11.1 Å². The molecule has 1 unspecified atom stereocenters. The van der Waals surface area contributed by atoms with Gasteiger partial charge in [-0.1, -0.05) is 12.1 Å². The predicted molar refractivity (Wildman–Crippen MR) is 92.3 cm³/mol. The summed E-state index contributed by atoms with van der Waals surface area (Å²) in [6, 6.07) is 8.71. The minimum Gasteiger partial charge on any atom is -0.423 e. The zero-order valence-corrected chi connectivity index (χ0v) is 13.7. The molecule has 23 heavy (non-hydrogen) atoms. The summed E-state index contributed by atoms with van der Waals surface area (Å²) in [6.45, 7) is 1.95. The lowest BCUT2D eigenvalue weighted by Gasteiger charge is -2.23. The maximum absolute atomic E-state index is 9.95. The molecule has 4 rings (SSSR count). The summed E-state index contributed by atoms with van der Waals surface area (Å²) in [6.07, 6.45) is 2.15. The van der Waals surface area contributed by atoms with Crippen LogP contribution in [0.1, 0.15) is 23.2 Å². The molecular formula is C18H18N2O2S. The zero-order valence-electron chi connectivity index (χ0n) is 12.9. The highest BCUT2D eigenvalue weighted by molar-refractivity contribution is 7.08. The monoisotopic (exact) mass is 326 g/mol. The van der Waals surface area contributed by atoms with Gasteiger partial charge in [0.15, 0.2) is 5.76 Å². The number of benzene rings is 1. The van der Waals surface area contributed by atoms with Crippen LogP contribution >= 0.6 is 11.3 Å². The highest BCUT2D eigenvalue weighted by Gasteiger charge is 2.20. The highest BCUT2D eigenvalue weighted by Crippen LogP contribution is 2.33. The molecule has 2 heterocycles. The summed E-state index contributed by atoms with van der Waals surface area (Å²) < 4.78 is 5.90. The third kappa shape index (κ3) is 2.78. The average molecular weight is 326 g/mol. The second-order valence-corrected chi connectivity index (χ2v) is 6.69. The fourth-order valence-corrected chi connectivity index (χ4v) is 3.75. The molecule has 1 aromatic carbocycles. The topological polar surface area (TPSA) is 58.3 Å². The van der Waals surface area contributed by atoms with E-state index in [0.29, 0.717) is 12.4 Å². The summed E-state index contributed by atoms with van der Waals surface area (Å²) in [5.41, 5.74) is 5.36. The Morgan fingerprint density at radius 2 is 2.26 bits per heavy atom. The zero-order chi connectivity index (χ0) is 15.8. The molecule has 0 spiro atoms. The van der Waals surface area contributed by atoms with Gasteiger partial charge in [-0.2, -0.15) is 16.3 Å². The van der Waals surface area contributed by atoms with Gasteiger partial charge in [-0.15, -0.1) is 0 Å². The molecule has 0 fully saturated rings. The van der Waals surface area contributed by atoms with Gasteiger partial charge in [-0.25, -0.2) is 0 Å². The summed E-state index contributed by atoms with van der Waals surface area (Å²) >= 11 is 1.64. The van der Waals surface area contributed by atoms with Crippen molar-refractivity contribution in [2.24, 2.45) is 0 Å². The van der Waals surface area contributed by atoms with E-state index >= 15 is 0 Å². The molecule has 2 N–H and O–H groups in total. The van der Waals surface area contributed by atoms with E-state index in [2.05, 4.69) is 21.7 Å². The van der Waals surface area contributed by atoms with Crippen molar-refractivity contribution in [2.45, 2.75) is 32.3 Å². The first-order chi connectivity index (χ1) is 11.2. The number of hydrogen-bond acceptors (Lipinski definition) is 5. The van der Waals surface area contributed by atoms with Crippen LogP contribution in [0.15, 0.2) is 39.4 Å². The molecule has 118 valence electrons. The van der Waals surface area contributed by atoms with E-state index in [9.17, 15) is 5.11 Å². The molecular weight excluding hydrogens is 308 g/mol. The van der Waals surface area contributed by atoms with Crippen LogP contribution in [0.25, 0.3) is 11.3 Å². The molecule has 5 heteroatoms. The highest BCUT2D eigenvalue weighted by atomic mass is 32.1. The van der Waals surface area contributed by atoms with E-state index in [1.54, 1.807) is 11.3 Å². The van der Waals surface area contributed by atoms with Crippen LogP contribution in [0, 0.1) is 6.92 Å². The number of fused-ring (bicyclic) bond motifs is 1. The number of aromatic nitrogens is 1. The number of thiophene rings is 1. The van der Waals surface area contributed by atoms with Gasteiger partial charge in [0.1, 0.15) is 0 Å². The van der Waals surface area contributed by atoms with Crippen molar-refractivity contribution in [2.75, 3.05) is 5.32 Å². The van der Waals surface area contributed by atoms with Gasteiger partial charge in [0, 0.05) is 23.1 Å². The second kappa shape index (κ2) is 5.83. The number of nitrogens with zero attached hydrogens (tertiary/aromatic N) is 1. The van der Waals surface area contributed by atoms with Gasteiger partial charge < -0.3 is 14.8 Å². The maximum Gasteiger partial charge on any atom is 0.299 e. The summed E-state index contributed by atoms with van der Waals surface area (Å²) in [4.78, 5) is 4.49. The summed E-state index contributed by atoms with van der Waals surface area (Å²) in [5.74, 6) is 0.804. The van der Waals surface area contributed by atoms with Crippen molar-refractivity contribution in [1.29, 1.82) is 0 Å². The van der Waals surface area contributed by atoms with Crippen LogP contribution in [-0.4, -0.2) is 16.2 Å². The Bertz CT molecular complexity index is 824. The van der Waals surface area contributed by atoms with Crippen LogP contribution < -0.4 is 5.32 Å². The SMILES string of the molecule is Cc1nc(Nc2cccc3c2CC(O)CC3)oc1-c1ccsc1. The number of aryl methyl sites for hydroxylation is 2. The number of hydrogen-bond donors (Lipinski definition) is 2. The number of rotatable bonds is 3. The summed E-state index contributed by atoms with van der Waals surface area (Å²) in [7, 11) is 0. The smallest absolute Gasteiger partial charge is 0.299 e. The molecule has 0 saturated carbocycles. The van der Waals surface area contributed by atoms with Crippen molar-refractivity contribution in [3.8, 4) is 11.3 Å². The first kappa shape index (κ1) is 14.5. The number of nitrogens with one attached hydrogen (secondary N) is 1. The second-order valence-electron chi connectivity index (χ2n) is 5.91. The van der Waals surface area contributed by atoms with Crippen LogP contribution in [0.3, 0.4) is 0 Å². The van der Waals surface area contributed by atoms with Crippen molar-refractivity contribution in [3.63, 3.8) is 0 Å². The maximum atomic E-state index is 9.95. The fraction of sp³-hybridized carbons (Fsp3) is 0.278. The number of aliphatic hydroxyl groups is 1. The van der Waals surface area contributed by atoms with Gasteiger partial charge in [0.2, 0.25) is 0 Å². The van der Waals surface area contributed by atoms with Gasteiger partial charge in [-0.05, 0) is 48.4 Å². The fourth-order valence-electron chi connectivity index (χ4n) is 3.11. The molecule has 0 amide bonds. The number of aliphatic hydroxyl groups excluding tert-OH is 1. The molecule has 4 nitrogen and oxygen atoms in total. The molecule has 1 atom stereocenters. The molecule has 3 aromatic rings. The lowest BCUT2D eigenvalue weighted by atomic mass is 9.88. The normalized spacial score (nSPS) is 17.0. The molecule has 1 aliphatic carbocycles. The standard InChI is InChI=1S/C18H18N2O2S/c1-11-17(13-7-8-23-10-13)22-18(19-11)20-16-4-2-3-12-5-6-14(21)9-15(12)16/h2-4,7-8,10,14,21H,5-6,9H2,1H3,(H,19,20). The van der Waals surface area contributed by atoms with E-state index in [-0.39, 0.29) is 6.10 Å². The quantitative estimate of drug-likeness (QED) is 0.753. The summed E-state index contributed by atoms with van der Waals surface area (Å²) in [5, 5.41) is 17.3. The minimum atomic E-state index is -0.266. The largest absolute Gasteiger partial charge is 0.423 e. The van der Waals surface area contributed by atoms with Crippen molar-refractivity contribution in [3.05, 3.63) is 51.8 Å². The Morgan fingerprint density at radius 3 is 3.09 bits per heavy atom. The van der Waals surface area contributed by atoms with Gasteiger partial charge in [0.25, 0.3) is 6.01 Å². The van der Waals surface area contributed by atoms with Gasteiger partial charge >= 0.3 is 0 Å². The lowest BCUT2D eigenvalue weighted by molar-refractivity contribution is 0.159. The number of oxazole rings is 1. The third-order valence-corrected chi connectivity index (χ3v) is 4.96. The third-order valence-electron chi connectivity index (χ3n) is 4.28. The van der Waals surface area contributed by atoms with E-state index in [1.807, 2.05) is 30.5 Å². The average Bonchev–Trinajstić information content (AvgIpc) is 3.17. The van der Waals surface area contributed by atoms with Crippen LogP contribution in [0.4, 0.5) is 11.7 Å². The van der Waals surface area contributed by atoms with E-state index in [0.717, 1.165) is 35.5 Å². The van der Waals surface area contributed by atoms with Crippen molar-refractivity contribution >= 4 is 23.0 Å². The van der Waals surface area contributed by atoms with Crippen LogP contribution in [-0.2, 0) is 12.8 Å². The van der Waals surface area contributed by atoms with Crippen LogP contribution in [0.5, 0.6) is 0 Å². The molecule has 0 saturated heterocycles. The number of anilines is 2. The van der Waals surface area contributed by atoms with E-state index < -0.39 is 0 Å². The van der Waals surface area contributed by atoms with E-state index in [4.69, 9.17) is 4.42 Å². The Morgan fingerprint density at radius 1 is 1.35 bits per heavy atom. The van der Waals surface area contributed by atoms with Crippen molar-refractivity contribution in [1.82, 2.24) is 4.98 Å².